The molecular weight excluding hydrogens is 250 g/mol. The fraction of sp³-hybridized carbons (Fsp3) is 0.462. The average Bonchev–Trinajstić information content (AvgIpc) is 2.28. The van der Waals surface area contributed by atoms with Crippen molar-refractivity contribution in [1.82, 2.24) is 5.32 Å². The second-order valence-electron chi connectivity index (χ2n) is 4.43. The van der Waals surface area contributed by atoms with Crippen LogP contribution in [-0.2, 0) is 14.6 Å². The van der Waals surface area contributed by atoms with Gasteiger partial charge in [-0.15, -0.1) is 0 Å². The first-order chi connectivity index (χ1) is 8.38. The van der Waals surface area contributed by atoms with Gasteiger partial charge in [0.25, 0.3) is 0 Å². The van der Waals surface area contributed by atoms with Crippen LogP contribution in [0.5, 0.6) is 0 Å². The van der Waals surface area contributed by atoms with Crippen LogP contribution in [0.1, 0.15) is 31.4 Å². The number of amides is 1. The summed E-state index contributed by atoms with van der Waals surface area (Å²) < 4.78 is 21.8. The number of hydrogen-bond acceptors (Lipinski definition) is 3. The maximum Gasteiger partial charge on any atom is 0.220 e. The van der Waals surface area contributed by atoms with Gasteiger partial charge in [0, 0.05) is 12.7 Å². The van der Waals surface area contributed by atoms with Crippen LogP contribution in [0, 0.1) is 0 Å². The molecular formula is C13H19NO3S. The standard InChI is InChI=1S/C13H19NO3S/c1-11(12-7-4-3-5-8-12)14-13(15)9-6-10-18(2,16)17/h3-5,7-8,11H,6,9-10H2,1-2H3,(H,14,15). The Balaban J connectivity index is 2.37. The Morgan fingerprint density at radius 3 is 2.44 bits per heavy atom. The zero-order valence-corrected chi connectivity index (χ0v) is 11.5. The molecule has 1 N–H and O–H groups in total. The van der Waals surface area contributed by atoms with E-state index in [1.54, 1.807) is 0 Å². The Morgan fingerprint density at radius 1 is 1.28 bits per heavy atom. The number of carbonyl (C=O) groups is 1. The fourth-order valence-electron chi connectivity index (χ4n) is 1.63. The lowest BCUT2D eigenvalue weighted by atomic mass is 10.1. The quantitative estimate of drug-likeness (QED) is 0.854. The number of hydrogen-bond donors (Lipinski definition) is 1. The lowest BCUT2D eigenvalue weighted by Gasteiger charge is -2.14. The molecule has 1 aromatic carbocycles. The third kappa shape index (κ3) is 5.82. The SMILES string of the molecule is CC(NC(=O)CCCS(C)(=O)=O)c1ccccc1. The molecule has 0 aliphatic carbocycles. The summed E-state index contributed by atoms with van der Waals surface area (Å²) in [5, 5.41) is 2.85. The van der Waals surface area contributed by atoms with Crippen LogP contribution in [0.25, 0.3) is 0 Å². The predicted molar refractivity (Wildman–Crippen MR) is 71.9 cm³/mol. The molecule has 4 nitrogen and oxygen atoms in total. The van der Waals surface area contributed by atoms with Gasteiger partial charge in [0.2, 0.25) is 5.91 Å². The Labute approximate surface area is 108 Å². The lowest BCUT2D eigenvalue weighted by Crippen LogP contribution is -2.26. The largest absolute Gasteiger partial charge is 0.350 e. The average molecular weight is 269 g/mol. The van der Waals surface area contributed by atoms with Crippen molar-refractivity contribution >= 4 is 15.7 Å². The lowest BCUT2D eigenvalue weighted by molar-refractivity contribution is -0.121. The highest BCUT2D eigenvalue weighted by atomic mass is 32.2. The second-order valence-corrected chi connectivity index (χ2v) is 6.69. The van der Waals surface area contributed by atoms with Crippen molar-refractivity contribution in [2.75, 3.05) is 12.0 Å². The third-order valence-electron chi connectivity index (χ3n) is 2.60. The molecule has 1 aromatic rings. The summed E-state index contributed by atoms with van der Waals surface area (Å²) in [5.41, 5.74) is 1.04. The number of sulfone groups is 1. The monoisotopic (exact) mass is 269 g/mol. The molecule has 1 rings (SSSR count). The minimum atomic E-state index is -2.98. The fourth-order valence-corrected chi connectivity index (χ4v) is 2.30. The topological polar surface area (TPSA) is 63.2 Å². The summed E-state index contributed by atoms with van der Waals surface area (Å²) in [7, 11) is -2.98. The molecule has 1 unspecified atom stereocenters. The van der Waals surface area contributed by atoms with Crippen LogP contribution in [0.4, 0.5) is 0 Å². The highest BCUT2D eigenvalue weighted by Gasteiger charge is 2.10. The van der Waals surface area contributed by atoms with E-state index in [1.165, 1.54) is 6.26 Å². The molecule has 0 aliphatic rings. The molecule has 0 radical (unpaired) electrons. The first-order valence-corrected chi connectivity index (χ1v) is 7.96. The molecule has 0 aromatic heterocycles. The Morgan fingerprint density at radius 2 is 1.89 bits per heavy atom. The van der Waals surface area contributed by atoms with Gasteiger partial charge in [0.1, 0.15) is 9.84 Å². The van der Waals surface area contributed by atoms with Crippen molar-refractivity contribution in [3.05, 3.63) is 35.9 Å². The van der Waals surface area contributed by atoms with E-state index in [9.17, 15) is 13.2 Å². The zero-order valence-electron chi connectivity index (χ0n) is 10.7. The van der Waals surface area contributed by atoms with Gasteiger partial charge in [-0.2, -0.15) is 0 Å². The van der Waals surface area contributed by atoms with Crippen molar-refractivity contribution in [1.29, 1.82) is 0 Å². The van der Waals surface area contributed by atoms with Gasteiger partial charge in [-0.05, 0) is 18.9 Å². The van der Waals surface area contributed by atoms with Crippen LogP contribution in [0.3, 0.4) is 0 Å². The molecule has 0 saturated heterocycles. The molecule has 5 heteroatoms. The van der Waals surface area contributed by atoms with E-state index in [1.807, 2.05) is 37.3 Å². The molecule has 0 heterocycles. The van der Waals surface area contributed by atoms with Crippen molar-refractivity contribution in [2.45, 2.75) is 25.8 Å². The summed E-state index contributed by atoms with van der Waals surface area (Å²) >= 11 is 0. The summed E-state index contributed by atoms with van der Waals surface area (Å²) in [6.07, 6.45) is 1.79. The Kier molecular flexibility index (Phi) is 5.34. The molecule has 100 valence electrons. The number of carbonyl (C=O) groups excluding carboxylic acids is 1. The van der Waals surface area contributed by atoms with Crippen LogP contribution in [0.2, 0.25) is 0 Å². The highest BCUT2D eigenvalue weighted by Crippen LogP contribution is 2.11. The molecule has 1 amide bonds. The van der Waals surface area contributed by atoms with Gasteiger partial charge >= 0.3 is 0 Å². The molecule has 0 aliphatic heterocycles. The van der Waals surface area contributed by atoms with Crippen LogP contribution in [-0.4, -0.2) is 26.3 Å². The molecule has 1 atom stereocenters. The maximum absolute atomic E-state index is 11.6. The molecule has 0 fully saturated rings. The number of benzene rings is 1. The summed E-state index contributed by atoms with van der Waals surface area (Å²) in [4.78, 5) is 11.6. The van der Waals surface area contributed by atoms with E-state index in [0.29, 0.717) is 6.42 Å². The van der Waals surface area contributed by atoms with E-state index in [-0.39, 0.29) is 24.1 Å². The second kappa shape index (κ2) is 6.54. The summed E-state index contributed by atoms with van der Waals surface area (Å²) in [5.74, 6) is -0.0600. The van der Waals surface area contributed by atoms with Gasteiger partial charge in [0.05, 0.1) is 11.8 Å². The predicted octanol–water partition coefficient (Wildman–Crippen LogP) is 1.69. The van der Waals surface area contributed by atoms with E-state index >= 15 is 0 Å². The van der Waals surface area contributed by atoms with Crippen molar-refractivity contribution in [3.8, 4) is 0 Å². The van der Waals surface area contributed by atoms with Crippen LogP contribution < -0.4 is 5.32 Å². The summed E-state index contributed by atoms with van der Waals surface area (Å²) in [6, 6.07) is 9.59. The Hall–Kier alpha value is -1.36. The highest BCUT2D eigenvalue weighted by molar-refractivity contribution is 7.90. The molecule has 18 heavy (non-hydrogen) atoms. The first-order valence-electron chi connectivity index (χ1n) is 5.90. The number of nitrogens with one attached hydrogen (secondary N) is 1. The van der Waals surface area contributed by atoms with Crippen LogP contribution >= 0.6 is 0 Å². The van der Waals surface area contributed by atoms with E-state index in [4.69, 9.17) is 0 Å². The van der Waals surface area contributed by atoms with Gasteiger partial charge in [-0.1, -0.05) is 30.3 Å². The first kappa shape index (κ1) is 14.7. The van der Waals surface area contributed by atoms with E-state index in [2.05, 4.69) is 5.32 Å². The van der Waals surface area contributed by atoms with Gasteiger partial charge in [0.15, 0.2) is 0 Å². The smallest absolute Gasteiger partial charge is 0.220 e. The van der Waals surface area contributed by atoms with Crippen molar-refractivity contribution in [3.63, 3.8) is 0 Å². The Bertz CT molecular complexity index is 482. The molecule has 0 saturated carbocycles. The van der Waals surface area contributed by atoms with Crippen molar-refractivity contribution < 1.29 is 13.2 Å². The normalized spacial score (nSPS) is 13.0. The molecule has 0 bridgehead atoms. The summed E-state index contributed by atoms with van der Waals surface area (Å²) in [6.45, 7) is 1.91. The molecule has 0 spiro atoms. The zero-order chi connectivity index (χ0) is 13.6. The third-order valence-corrected chi connectivity index (χ3v) is 3.63. The van der Waals surface area contributed by atoms with Gasteiger partial charge in [-0.25, -0.2) is 8.42 Å². The van der Waals surface area contributed by atoms with E-state index in [0.717, 1.165) is 5.56 Å². The number of rotatable bonds is 6. The van der Waals surface area contributed by atoms with E-state index < -0.39 is 9.84 Å². The van der Waals surface area contributed by atoms with Gasteiger partial charge < -0.3 is 5.32 Å². The minimum absolute atomic E-state index is 0.0557. The minimum Gasteiger partial charge on any atom is -0.350 e. The van der Waals surface area contributed by atoms with Crippen molar-refractivity contribution in [2.24, 2.45) is 0 Å². The van der Waals surface area contributed by atoms with Crippen LogP contribution in [0.15, 0.2) is 30.3 Å². The van der Waals surface area contributed by atoms with Gasteiger partial charge in [-0.3, -0.25) is 4.79 Å². The maximum atomic E-state index is 11.6.